The highest BCUT2D eigenvalue weighted by Gasteiger charge is 2.23. The smallest absolute Gasteiger partial charge is 0.101 e. The van der Waals surface area contributed by atoms with Crippen LogP contribution in [0.4, 0.5) is 0 Å². The summed E-state index contributed by atoms with van der Waals surface area (Å²) in [5.74, 6) is 0. The van der Waals surface area contributed by atoms with Gasteiger partial charge in [0, 0.05) is 5.70 Å². The number of hydrogen-bond donors (Lipinski definition) is 2. The van der Waals surface area contributed by atoms with Gasteiger partial charge in [-0.2, -0.15) is 0 Å². The molecule has 1 aromatic rings. The average Bonchev–Trinajstić information content (AvgIpc) is 2.34. The molecule has 18 heavy (non-hydrogen) atoms. The molecular weight excluding hydrogens is 226 g/mol. The van der Waals surface area contributed by atoms with Gasteiger partial charge in [-0.3, -0.25) is 0 Å². The number of hydrogen-bond acceptors (Lipinski definition) is 3. The van der Waals surface area contributed by atoms with Crippen LogP contribution in [0, 0.1) is 0 Å². The first-order valence-electron chi connectivity index (χ1n) is 6.20. The van der Waals surface area contributed by atoms with Crippen LogP contribution in [-0.4, -0.2) is 23.9 Å². The summed E-state index contributed by atoms with van der Waals surface area (Å²) in [5.41, 5.74) is 2.18. The standard InChI is InChI=1S/C15H19NO2/c1-2-6-13-9-14(16-13)15(17)11-18-10-12-7-4-3-5-8-12/h2-9,14-17H,10-11H2,1H3/b6-2-/t14?,15-/m1/s1. The van der Waals surface area contributed by atoms with Crippen molar-refractivity contribution in [3.63, 3.8) is 0 Å². The van der Waals surface area contributed by atoms with Crippen LogP contribution in [0.2, 0.25) is 0 Å². The van der Waals surface area contributed by atoms with Crippen molar-refractivity contribution in [3.05, 3.63) is 59.8 Å². The quantitative estimate of drug-likeness (QED) is 0.805. The van der Waals surface area contributed by atoms with Crippen LogP contribution in [0.15, 0.2) is 54.3 Å². The Morgan fingerprint density at radius 2 is 2.11 bits per heavy atom. The third-order valence-electron chi connectivity index (χ3n) is 2.85. The summed E-state index contributed by atoms with van der Waals surface area (Å²) in [7, 11) is 0. The van der Waals surface area contributed by atoms with Gasteiger partial charge in [0.2, 0.25) is 0 Å². The lowest BCUT2D eigenvalue weighted by Crippen LogP contribution is -2.46. The summed E-state index contributed by atoms with van der Waals surface area (Å²) in [6, 6.07) is 9.97. The van der Waals surface area contributed by atoms with Gasteiger partial charge >= 0.3 is 0 Å². The molecule has 0 radical (unpaired) electrons. The molecule has 0 saturated heterocycles. The van der Waals surface area contributed by atoms with Gasteiger partial charge in [-0.1, -0.05) is 36.4 Å². The Hall–Kier alpha value is -1.58. The minimum Gasteiger partial charge on any atom is -0.388 e. The van der Waals surface area contributed by atoms with Crippen molar-refractivity contribution >= 4 is 0 Å². The number of benzene rings is 1. The van der Waals surface area contributed by atoms with E-state index < -0.39 is 6.10 Å². The van der Waals surface area contributed by atoms with Crippen LogP contribution in [-0.2, 0) is 11.3 Å². The molecular formula is C15H19NO2. The molecule has 2 N–H and O–H groups in total. The van der Waals surface area contributed by atoms with E-state index in [1.54, 1.807) is 0 Å². The summed E-state index contributed by atoms with van der Waals surface area (Å²) in [6.07, 6.45) is 5.46. The molecule has 1 aromatic carbocycles. The lowest BCUT2D eigenvalue weighted by molar-refractivity contribution is 0.0156. The van der Waals surface area contributed by atoms with E-state index in [0.29, 0.717) is 13.2 Å². The molecule has 1 aliphatic heterocycles. The summed E-state index contributed by atoms with van der Waals surface area (Å²) < 4.78 is 5.50. The van der Waals surface area contributed by atoms with Gasteiger partial charge in [-0.25, -0.2) is 0 Å². The Labute approximate surface area is 108 Å². The van der Waals surface area contributed by atoms with E-state index >= 15 is 0 Å². The van der Waals surface area contributed by atoms with Crippen molar-refractivity contribution < 1.29 is 9.84 Å². The fourth-order valence-electron chi connectivity index (χ4n) is 1.85. The average molecular weight is 245 g/mol. The molecule has 0 spiro atoms. The zero-order valence-electron chi connectivity index (χ0n) is 10.5. The third kappa shape index (κ3) is 3.45. The Bertz CT molecular complexity index is 425. The van der Waals surface area contributed by atoms with Crippen molar-refractivity contribution in [1.29, 1.82) is 0 Å². The molecule has 2 rings (SSSR count). The molecule has 0 saturated carbocycles. The highest BCUT2D eigenvalue weighted by atomic mass is 16.5. The molecule has 0 amide bonds. The minimum absolute atomic E-state index is 0.00646. The van der Waals surface area contributed by atoms with Gasteiger partial charge in [0.1, 0.15) is 6.10 Å². The highest BCUT2D eigenvalue weighted by molar-refractivity contribution is 5.29. The van der Waals surface area contributed by atoms with Crippen LogP contribution in [0.5, 0.6) is 0 Å². The van der Waals surface area contributed by atoms with Crippen molar-refractivity contribution in [1.82, 2.24) is 5.32 Å². The van der Waals surface area contributed by atoms with E-state index in [-0.39, 0.29) is 6.04 Å². The molecule has 0 bridgehead atoms. The Balaban J connectivity index is 1.69. The molecule has 2 atom stereocenters. The second-order valence-electron chi connectivity index (χ2n) is 4.36. The third-order valence-corrected chi connectivity index (χ3v) is 2.85. The lowest BCUT2D eigenvalue weighted by atomic mass is 10.0. The van der Waals surface area contributed by atoms with Crippen molar-refractivity contribution in [2.45, 2.75) is 25.7 Å². The van der Waals surface area contributed by atoms with Crippen molar-refractivity contribution in [2.75, 3.05) is 6.61 Å². The van der Waals surface area contributed by atoms with Gasteiger partial charge < -0.3 is 15.2 Å². The number of rotatable bonds is 6. The Kier molecular flexibility index (Phi) is 4.56. The van der Waals surface area contributed by atoms with Gasteiger partial charge in [-0.15, -0.1) is 0 Å². The molecule has 0 aliphatic carbocycles. The number of aliphatic hydroxyl groups excluding tert-OH is 1. The number of nitrogens with one attached hydrogen (secondary N) is 1. The van der Waals surface area contributed by atoms with E-state index in [0.717, 1.165) is 11.3 Å². The Morgan fingerprint density at radius 3 is 2.78 bits per heavy atom. The molecule has 96 valence electrons. The second-order valence-corrected chi connectivity index (χ2v) is 4.36. The topological polar surface area (TPSA) is 41.5 Å². The number of aliphatic hydroxyl groups is 1. The largest absolute Gasteiger partial charge is 0.388 e. The van der Waals surface area contributed by atoms with E-state index in [1.807, 2.05) is 55.5 Å². The summed E-state index contributed by atoms with van der Waals surface area (Å²) in [4.78, 5) is 0. The first-order chi connectivity index (χ1) is 8.79. The first-order valence-corrected chi connectivity index (χ1v) is 6.20. The lowest BCUT2D eigenvalue weighted by Gasteiger charge is -2.30. The molecule has 1 heterocycles. The van der Waals surface area contributed by atoms with Crippen LogP contribution in [0.3, 0.4) is 0 Å². The van der Waals surface area contributed by atoms with E-state index in [4.69, 9.17) is 4.74 Å². The molecule has 1 unspecified atom stereocenters. The van der Waals surface area contributed by atoms with Gasteiger partial charge in [0.15, 0.2) is 0 Å². The maximum Gasteiger partial charge on any atom is 0.101 e. The van der Waals surface area contributed by atoms with Crippen LogP contribution in [0.1, 0.15) is 12.5 Å². The first kappa shape index (κ1) is 12.9. The molecule has 1 aliphatic rings. The monoisotopic (exact) mass is 245 g/mol. The SMILES string of the molecule is C/C=C\C1=CC([C@H](O)COCc2ccccc2)N1. The summed E-state index contributed by atoms with van der Waals surface area (Å²) in [6.45, 7) is 2.84. The summed E-state index contributed by atoms with van der Waals surface area (Å²) in [5, 5.41) is 13.1. The zero-order valence-corrected chi connectivity index (χ0v) is 10.5. The predicted molar refractivity (Wildman–Crippen MR) is 71.9 cm³/mol. The normalized spacial score (nSPS) is 20.1. The van der Waals surface area contributed by atoms with E-state index in [1.165, 1.54) is 0 Å². The van der Waals surface area contributed by atoms with Gasteiger partial charge in [0.25, 0.3) is 0 Å². The predicted octanol–water partition coefficient (Wildman–Crippen LogP) is 2.00. The molecule has 3 heteroatoms. The minimum atomic E-state index is -0.497. The highest BCUT2D eigenvalue weighted by Crippen LogP contribution is 2.13. The maximum absolute atomic E-state index is 9.88. The number of allylic oxidation sites excluding steroid dienone is 2. The van der Waals surface area contributed by atoms with Crippen molar-refractivity contribution in [3.8, 4) is 0 Å². The summed E-state index contributed by atoms with van der Waals surface area (Å²) >= 11 is 0. The number of ether oxygens (including phenoxy) is 1. The maximum atomic E-state index is 9.88. The fraction of sp³-hybridized carbons (Fsp3) is 0.333. The second kappa shape index (κ2) is 6.38. The molecule has 0 fully saturated rings. The van der Waals surface area contributed by atoms with E-state index in [2.05, 4.69) is 5.32 Å². The fourth-order valence-corrected chi connectivity index (χ4v) is 1.85. The van der Waals surface area contributed by atoms with Gasteiger partial charge in [-0.05, 0) is 24.6 Å². The van der Waals surface area contributed by atoms with Crippen LogP contribution >= 0.6 is 0 Å². The van der Waals surface area contributed by atoms with Crippen molar-refractivity contribution in [2.24, 2.45) is 0 Å². The van der Waals surface area contributed by atoms with Crippen LogP contribution in [0.25, 0.3) is 0 Å². The van der Waals surface area contributed by atoms with E-state index in [9.17, 15) is 5.11 Å². The molecule has 0 aromatic heterocycles. The Morgan fingerprint density at radius 1 is 1.39 bits per heavy atom. The zero-order chi connectivity index (χ0) is 12.8. The molecule has 3 nitrogen and oxygen atoms in total. The van der Waals surface area contributed by atoms with Crippen LogP contribution < -0.4 is 5.32 Å². The van der Waals surface area contributed by atoms with Gasteiger partial charge in [0.05, 0.1) is 19.3 Å².